The third-order valence-electron chi connectivity index (χ3n) is 4.11. The number of ether oxygens (including phenoxy) is 2. The minimum atomic E-state index is 0.0499. The van der Waals surface area contributed by atoms with Crippen molar-refractivity contribution in [1.29, 1.82) is 0 Å². The molecular formula is C17H26N2O3. The fraction of sp³-hybridized carbons (Fsp3) is 0.588. The van der Waals surface area contributed by atoms with Crippen LogP contribution in [0.15, 0.2) is 30.3 Å². The smallest absolute Gasteiger partial charge is 0.260 e. The molecule has 0 saturated carbocycles. The van der Waals surface area contributed by atoms with E-state index in [9.17, 15) is 4.79 Å². The molecule has 0 N–H and O–H groups in total. The zero-order valence-corrected chi connectivity index (χ0v) is 13.7. The van der Waals surface area contributed by atoms with Crippen LogP contribution >= 0.6 is 0 Å². The van der Waals surface area contributed by atoms with E-state index in [1.807, 2.05) is 35.2 Å². The molecule has 1 aromatic carbocycles. The van der Waals surface area contributed by atoms with Crippen LogP contribution in [0.5, 0.6) is 5.75 Å². The van der Waals surface area contributed by atoms with Crippen LogP contribution in [0.4, 0.5) is 0 Å². The lowest BCUT2D eigenvalue weighted by molar-refractivity contribution is -0.137. The first-order chi connectivity index (χ1) is 10.6. The number of methoxy groups -OCH3 is 1. The summed E-state index contributed by atoms with van der Waals surface area (Å²) in [6, 6.07) is 10.1. The van der Waals surface area contributed by atoms with Crippen LogP contribution in [-0.2, 0) is 9.53 Å². The number of carbonyl (C=O) groups is 1. The van der Waals surface area contributed by atoms with Crippen molar-refractivity contribution in [1.82, 2.24) is 9.80 Å². The summed E-state index contributed by atoms with van der Waals surface area (Å²) in [5, 5.41) is 0. The van der Waals surface area contributed by atoms with Gasteiger partial charge >= 0.3 is 0 Å². The number of hydrogen-bond acceptors (Lipinski definition) is 4. The second kappa shape index (κ2) is 8.15. The Labute approximate surface area is 132 Å². The van der Waals surface area contributed by atoms with E-state index in [-0.39, 0.29) is 12.5 Å². The summed E-state index contributed by atoms with van der Waals surface area (Å²) in [5.41, 5.74) is 0. The molecule has 2 unspecified atom stereocenters. The molecule has 2 rings (SSSR count). The van der Waals surface area contributed by atoms with E-state index in [1.54, 1.807) is 7.11 Å². The number of carbonyl (C=O) groups excluding carboxylic acids is 1. The number of rotatable bonds is 6. The fourth-order valence-corrected chi connectivity index (χ4v) is 2.95. The molecule has 0 bridgehead atoms. The summed E-state index contributed by atoms with van der Waals surface area (Å²) in [4.78, 5) is 16.6. The third-order valence-corrected chi connectivity index (χ3v) is 4.11. The van der Waals surface area contributed by atoms with Crippen molar-refractivity contribution in [2.45, 2.75) is 25.9 Å². The summed E-state index contributed by atoms with van der Waals surface area (Å²) in [5.74, 6) is 0.782. The Morgan fingerprint density at radius 3 is 2.41 bits per heavy atom. The molecule has 0 aromatic heterocycles. The van der Waals surface area contributed by atoms with Crippen molar-refractivity contribution in [2.75, 3.05) is 40.0 Å². The largest absolute Gasteiger partial charge is 0.484 e. The molecule has 1 aliphatic heterocycles. The quantitative estimate of drug-likeness (QED) is 0.801. The molecule has 2 atom stereocenters. The fourth-order valence-electron chi connectivity index (χ4n) is 2.95. The van der Waals surface area contributed by atoms with Crippen molar-refractivity contribution in [3.63, 3.8) is 0 Å². The van der Waals surface area contributed by atoms with Gasteiger partial charge in [-0.2, -0.15) is 0 Å². The minimum Gasteiger partial charge on any atom is -0.484 e. The summed E-state index contributed by atoms with van der Waals surface area (Å²) in [6.45, 7) is 7.52. The average molecular weight is 306 g/mol. The maximum Gasteiger partial charge on any atom is 0.260 e. The molecule has 1 amide bonds. The molecule has 0 aliphatic carbocycles. The van der Waals surface area contributed by atoms with Crippen molar-refractivity contribution in [3.05, 3.63) is 30.3 Å². The van der Waals surface area contributed by atoms with Crippen LogP contribution in [0.25, 0.3) is 0 Å². The van der Waals surface area contributed by atoms with Gasteiger partial charge in [0.1, 0.15) is 5.75 Å². The number of piperazine rings is 1. The monoisotopic (exact) mass is 306 g/mol. The number of para-hydroxylation sites is 1. The van der Waals surface area contributed by atoms with Gasteiger partial charge in [-0.1, -0.05) is 18.2 Å². The standard InChI is InChI=1S/C17H26N2O3/c1-14-11-18(12-15(2)19(14)9-10-21-3)17(20)13-22-16-7-5-4-6-8-16/h4-8,14-15H,9-13H2,1-3H3. The van der Waals surface area contributed by atoms with Gasteiger partial charge in [-0.15, -0.1) is 0 Å². The van der Waals surface area contributed by atoms with E-state index in [2.05, 4.69) is 18.7 Å². The lowest BCUT2D eigenvalue weighted by Gasteiger charge is -2.44. The van der Waals surface area contributed by atoms with Gasteiger partial charge in [0, 0.05) is 38.8 Å². The number of nitrogens with zero attached hydrogens (tertiary/aromatic N) is 2. The van der Waals surface area contributed by atoms with E-state index in [1.165, 1.54) is 0 Å². The highest BCUT2D eigenvalue weighted by atomic mass is 16.5. The Morgan fingerprint density at radius 1 is 1.18 bits per heavy atom. The number of benzene rings is 1. The molecule has 0 radical (unpaired) electrons. The number of hydrogen-bond donors (Lipinski definition) is 0. The van der Waals surface area contributed by atoms with Crippen molar-refractivity contribution >= 4 is 5.91 Å². The van der Waals surface area contributed by atoms with Crippen LogP contribution in [0.3, 0.4) is 0 Å². The zero-order chi connectivity index (χ0) is 15.9. The maximum atomic E-state index is 12.3. The van der Waals surface area contributed by atoms with E-state index in [0.29, 0.717) is 12.1 Å². The molecule has 22 heavy (non-hydrogen) atoms. The van der Waals surface area contributed by atoms with E-state index in [0.717, 1.165) is 32.0 Å². The van der Waals surface area contributed by atoms with Gasteiger partial charge in [-0.3, -0.25) is 9.69 Å². The second-order valence-corrected chi connectivity index (χ2v) is 5.83. The molecule has 1 heterocycles. The van der Waals surface area contributed by atoms with Gasteiger partial charge in [0.2, 0.25) is 0 Å². The van der Waals surface area contributed by atoms with Gasteiger partial charge in [0.15, 0.2) is 6.61 Å². The summed E-state index contributed by atoms with van der Waals surface area (Å²) >= 11 is 0. The van der Waals surface area contributed by atoms with Crippen LogP contribution < -0.4 is 4.74 Å². The molecule has 1 aliphatic rings. The molecule has 5 heteroatoms. The molecule has 5 nitrogen and oxygen atoms in total. The van der Waals surface area contributed by atoms with Gasteiger partial charge in [-0.25, -0.2) is 0 Å². The lowest BCUT2D eigenvalue weighted by atomic mass is 10.1. The Balaban J connectivity index is 1.84. The predicted octanol–water partition coefficient (Wildman–Crippen LogP) is 1.63. The second-order valence-electron chi connectivity index (χ2n) is 5.83. The lowest BCUT2D eigenvalue weighted by Crippen LogP contribution is -2.59. The minimum absolute atomic E-state index is 0.0499. The number of amides is 1. The normalized spacial score (nSPS) is 22.6. The van der Waals surface area contributed by atoms with Crippen LogP contribution in [0.1, 0.15) is 13.8 Å². The summed E-state index contributed by atoms with van der Waals surface area (Å²) < 4.78 is 10.7. The third kappa shape index (κ3) is 4.45. The van der Waals surface area contributed by atoms with E-state index >= 15 is 0 Å². The zero-order valence-electron chi connectivity index (χ0n) is 13.7. The summed E-state index contributed by atoms with van der Waals surface area (Å²) in [7, 11) is 1.72. The SMILES string of the molecule is COCCN1C(C)CN(C(=O)COc2ccccc2)CC1C. The average Bonchev–Trinajstić information content (AvgIpc) is 2.52. The first-order valence-electron chi connectivity index (χ1n) is 7.82. The molecule has 0 spiro atoms. The molecule has 122 valence electrons. The van der Waals surface area contributed by atoms with Crippen LogP contribution in [-0.4, -0.2) is 67.7 Å². The Kier molecular flexibility index (Phi) is 6.21. The molecular weight excluding hydrogens is 280 g/mol. The molecule has 1 fully saturated rings. The Bertz CT molecular complexity index is 454. The highest BCUT2D eigenvalue weighted by molar-refractivity contribution is 5.78. The van der Waals surface area contributed by atoms with E-state index < -0.39 is 0 Å². The topological polar surface area (TPSA) is 42.0 Å². The predicted molar refractivity (Wildman–Crippen MR) is 86.0 cm³/mol. The first-order valence-corrected chi connectivity index (χ1v) is 7.82. The Morgan fingerprint density at radius 2 is 1.82 bits per heavy atom. The van der Waals surface area contributed by atoms with Gasteiger partial charge in [-0.05, 0) is 26.0 Å². The van der Waals surface area contributed by atoms with E-state index in [4.69, 9.17) is 9.47 Å². The van der Waals surface area contributed by atoms with Crippen molar-refractivity contribution < 1.29 is 14.3 Å². The van der Waals surface area contributed by atoms with Gasteiger partial charge < -0.3 is 14.4 Å². The summed E-state index contributed by atoms with van der Waals surface area (Å²) in [6.07, 6.45) is 0. The highest BCUT2D eigenvalue weighted by Crippen LogP contribution is 2.16. The van der Waals surface area contributed by atoms with Crippen molar-refractivity contribution in [3.8, 4) is 5.75 Å². The highest BCUT2D eigenvalue weighted by Gasteiger charge is 2.31. The molecule has 1 saturated heterocycles. The van der Waals surface area contributed by atoms with Crippen molar-refractivity contribution in [2.24, 2.45) is 0 Å². The van der Waals surface area contributed by atoms with Crippen LogP contribution in [0.2, 0.25) is 0 Å². The van der Waals surface area contributed by atoms with Gasteiger partial charge in [0.25, 0.3) is 5.91 Å². The van der Waals surface area contributed by atoms with Gasteiger partial charge in [0.05, 0.1) is 6.61 Å². The Hall–Kier alpha value is -1.59. The maximum absolute atomic E-state index is 12.3. The first kappa shape index (κ1) is 16.8. The molecule has 1 aromatic rings. The van der Waals surface area contributed by atoms with Crippen LogP contribution in [0, 0.1) is 0 Å².